The minimum Gasteiger partial charge on any atom is -0.369 e. The van der Waals surface area contributed by atoms with Crippen molar-refractivity contribution in [1.82, 2.24) is 0 Å². The fourth-order valence-electron chi connectivity index (χ4n) is 1.34. The quantitative estimate of drug-likeness (QED) is 0.790. The summed E-state index contributed by atoms with van der Waals surface area (Å²) in [5.41, 5.74) is 5.47. The Kier molecular flexibility index (Phi) is 3.10. The van der Waals surface area contributed by atoms with Crippen LogP contribution in [0.3, 0.4) is 0 Å². The van der Waals surface area contributed by atoms with Crippen LogP contribution in [0.15, 0.2) is 30.3 Å². The number of primary amides is 1. The smallest absolute Gasteiger partial charge is 0.225 e. The molecule has 0 heterocycles. The molecule has 1 aromatic carbocycles. The van der Waals surface area contributed by atoms with Gasteiger partial charge in [0.2, 0.25) is 5.91 Å². The van der Waals surface area contributed by atoms with Crippen molar-refractivity contribution in [1.29, 1.82) is 0 Å². The lowest BCUT2D eigenvalue weighted by Crippen LogP contribution is -2.44. The molecule has 1 rings (SSSR count). The first-order valence-electron chi connectivity index (χ1n) is 4.84. The molecule has 0 spiro atoms. The number of carbonyl (C=O) groups excluding carboxylic acids is 1. The molecule has 0 aliphatic carbocycles. The third kappa shape index (κ3) is 2.00. The van der Waals surface area contributed by atoms with Gasteiger partial charge in [0.25, 0.3) is 0 Å². The number of amides is 1. The van der Waals surface area contributed by atoms with Crippen LogP contribution in [0.4, 0.5) is 0 Å². The van der Waals surface area contributed by atoms with Crippen LogP contribution in [-0.4, -0.2) is 5.91 Å². The van der Waals surface area contributed by atoms with Gasteiger partial charge in [0, 0.05) is 0 Å². The first-order valence-corrected chi connectivity index (χ1v) is 5.22. The average Bonchev–Trinajstić information content (AvgIpc) is 2.18. The van der Waals surface area contributed by atoms with Crippen molar-refractivity contribution in [3.63, 3.8) is 0 Å². The maximum Gasteiger partial charge on any atom is 0.225 e. The van der Waals surface area contributed by atoms with Gasteiger partial charge in [-0.1, -0.05) is 30.3 Å². The zero-order valence-corrected chi connectivity index (χ0v) is 10.0. The summed E-state index contributed by atoms with van der Waals surface area (Å²) in [4.78, 5) is 10.6. The molecule has 0 radical (unpaired) electrons. The number of nitrogens with two attached hydrogens (primary N) is 1. The van der Waals surface area contributed by atoms with E-state index in [1.807, 2.05) is 37.3 Å². The van der Waals surface area contributed by atoms with E-state index in [1.54, 1.807) is 13.8 Å². The largest absolute Gasteiger partial charge is 0.369 e. The summed E-state index contributed by atoms with van der Waals surface area (Å²) < 4.78 is 0. The first-order chi connectivity index (χ1) is 6.80. The van der Waals surface area contributed by atoms with Gasteiger partial charge in [0.15, 0.2) is 0 Å². The second-order valence-corrected chi connectivity index (χ2v) is 5.11. The highest BCUT2D eigenvalue weighted by molar-refractivity contribution is 6.25. The molecule has 1 aromatic rings. The molecule has 0 aliphatic heterocycles. The summed E-state index contributed by atoms with van der Waals surface area (Å²) in [6.45, 7) is 5.33. The Balaban J connectivity index is 3.19. The Bertz CT molecular complexity index is 357. The van der Waals surface area contributed by atoms with E-state index in [9.17, 15) is 4.79 Å². The Hall–Kier alpha value is -1.02. The highest BCUT2D eigenvalue weighted by atomic mass is 35.5. The van der Waals surface area contributed by atoms with Crippen LogP contribution in [0.5, 0.6) is 0 Å². The lowest BCUT2D eigenvalue weighted by Gasteiger charge is -2.37. The van der Waals surface area contributed by atoms with Crippen molar-refractivity contribution in [2.75, 3.05) is 0 Å². The lowest BCUT2D eigenvalue weighted by atomic mass is 9.74. The predicted octanol–water partition coefficient (Wildman–Crippen LogP) is 2.65. The van der Waals surface area contributed by atoms with Crippen molar-refractivity contribution < 1.29 is 4.79 Å². The lowest BCUT2D eigenvalue weighted by molar-refractivity contribution is -0.127. The summed E-state index contributed by atoms with van der Waals surface area (Å²) in [5, 5.41) is 0. The van der Waals surface area contributed by atoms with Crippen LogP contribution >= 0.6 is 11.6 Å². The van der Waals surface area contributed by atoms with Gasteiger partial charge in [-0.3, -0.25) is 4.79 Å². The minimum atomic E-state index is -0.796. The molecular weight excluding hydrogens is 210 g/mol. The van der Waals surface area contributed by atoms with Crippen LogP contribution in [-0.2, 0) is 9.67 Å². The summed E-state index contributed by atoms with van der Waals surface area (Å²) in [6, 6.07) is 9.50. The molecule has 0 saturated heterocycles. The van der Waals surface area contributed by atoms with Gasteiger partial charge in [-0.05, 0) is 26.3 Å². The monoisotopic (exact) mass is 225 g/mol. The number of carbonyl (C=O) groups is 1. The molecule has 1 amide bonds. The van der Waals surface area contributed by atoms with E-state index in [1.165, 1.54) is 0 Å². The van der Waals surface area contributed by atoms with Crippen LogP contribution < -0.4 is 5.73 Å². The van der Waals surface area contributed by atoms with Crippen molar-refractivity contribution >= 4 is 17.5 Å². The third-order valence-electron chi connectivity index (χ3n) is 3.11. The average molecular weight is 226 g/mol. The fourth-order valence-corrected chi connectivity index (χ4v) is 1.56. The van der Waals surface area contributed by atoms with E-state index in [0.29, 0.717) is 0 Å². The molecule has 2 N–H and O–H groups in total. The first kappa shape index (κ1) is 12.1. The Morgan fingerprint density at radius 2 is 1.67 bits per heavy atom. The van der Waals surface area contributed by atoms with Crippen LogP contribution in [0.1, 0.15) is 26.3 Å². The molecule has 3 heteroatoms. The summed E-state index contributed by atoms with van der Waals surface area (Å²) in [7, 11) is 0. The van der Waals surface area contributed by atoms with E-state index < -0.39 is 16.2 Å². The maximum absolute atomic E-state index is 11.4. The van der Waals surface area contributed by atoms with E-state index >= 15 is 0 Å². The zero-order valence-electron chi connectivity index (χ0n) is 9.25. The molecule has 15 heavy (non-hydrogen) atoms. The Morgan fingerprint density at radius 1 is 1.20 bits per heavy atom. The molecule has 0 fully saturated rings. The topological polar surface area (TPSA) is 43.1 Å². The normalized spacial score (nSPS) is 15.7. The third-order valence-corrected chi connectivity index (χ3v) is 3.80. The van der Waals surface area contributed by atoms with E-state index in [2.05, 4.69) is 0 Å². The molecule has 82 valence electrons. The Morgan fingerprint density at radius 3 is 2.07 bits per heavy atom. The van der Waals surface area contributed by atoms with E-state index in [-0.39, 0.29) is 0 Å². The molecule has 1 unspecified atom stereocenters. The SMILES string of the molecule is CC(C)(C(N)=O)C(C)(Cl)c1ccccc1. The van der Waals surface area contributed by atoms with Crippen LogP contribution in [0.25, 0.3) is 0 Å². The van der Waals surface area contributed by atoms with Gasteiger partial charge >= 0.3 is 0 Å². The van der Waals surface area contributed by atoms with Crippen molar-refractivity contribution in [2.45, 2.75) is 25.6 Å². The number of hydrogen-bond donors (Lipinski definition) is 1. The van der Waals surface area contributed by atoms with Gasteiger partial charge in [0.1, 0.15) is 0 Å². The molecular formula is C12H16ClNO. The number of alkyl halides is 1. The molecule has 2 nitrogen and oxygen atoms in total. The Labute approximate surface area is 95.4 Å². The van der Waals surface area contributed by atoms with Crippen LogP contribution in [0, 0.1) is 5.41 Å². The predicted molar refractivity (Wildman–Crippen MR) is 62.6 cm³/mol. The standard InChI is InChI=1S/C12H16ClNO/c1-11(2,10(14)15)12(3,13)9-7-5-4-6-8-9/h4-8H,1-3H3,(H2,14,15). The van der Waals surface area contributed by atoms with Crippen molar-refractivity contribution in [2.24, 2.45) is 11.1 Å². The molecule has 0 aliphatic rings. The highest BCUT2D eigenvalue weighted by Crippen LogP contribution is 2.44. The van der Waals surface area contributed by atoms with Crippen molar-refractivity contribution in [3.8, 4) is 0 Å². The minimum absolute atomic E-state index is 0.399. The van der Waals surface area contributed by atoms with Gasteiger partial charge in [0.05, 0.1) is 10.3 Å². The van der Waals surface area contributed by atoms with Crippen LogP contribution in [0.2, 0.25) is 0 Å². The van der Waals surface area contributed by atoms with Gasteiger partial charge in [-0.25, -0.2) is 0 Å². The second-order valence-electron chi connectivity index (χ2n) is 4.36. The number of rotatable bonds is 3. The number of benzene rings is 1. The molecule has 1 atom stereocenters. The zero-order chi connectivity index (χ0) is 11.7. The van der Waals surface area contributed by atoms with Gasteiger partial charge in [-0.2, -0.15) is 0 Å². The van der Waals surface area contributed by atoms with E-state index in [0.717, 1.165) is 5.56 Å². The van der Waals surface area contributed by atoms with Crippen molar-refractivity contribution in [3.05, 3.63) is 35.9 Å². The second kappa shape index (κ2) is 3.86. The molecule has 0 saturated carbocycles. The van der Waals surface area contributed by atoms with E-state index in [4.69, 9.17) is 17.3 Å². The molecule has 0 aromatic heterocycles. The number of halogens is 1. The highest BCUT2D eigenvalue weighted by Gasteiger charge is 2.45. The summed E-state index contributed by atoms with van der Waals surface area (Å²) >= 11 is 6.45. The van der Waals surface area contributed by atoms with Gasteiger partial charge in [-0.15, -0.1) is 11.6 Å². The molecule has 0 bridgehead atoms. The van der Waals surface area contributed by atoms with Gasteiger partial charge < -0.3 is 5.73 Å². The number of hydrogen-bond acceptors (Lipinski definition) is 1. The summed E-state index contributed by atoms with van der Waals surface area (Å²) in [6.07, 6.45) is 0. The fraction of sp³-hybridized carbons (Fsp3) is 0.417. The summed E-state index contributed by atoms with van der Waals surface area (Å²) in [5.74, 6) is -0.399. The maximum atomic E-state index is 11.4.